The average molecular weight is 529 g/mol. The molecular weight excluding hydrogens is 493 g/mol. The molecule has 1 aliphatic carbocycles. The minimum atomic E-state index is 0. The van der Waals surface area contributed by atoms with Gasteiger partial charge in [0.15, 0.2) is 5.96 Å². The van der Waals surface area contributed by atoms with E-state index in [0.29, 0.717) is 19.1 Å². The number of amides is 1. The Bertz CT molecular complexity index is 694. The first-order chi connectivity index (χ1) is 14.2. The van der Waals surface area contributed by atoms with E-state index in [1.807, 2.05) is 18.2 Å². The highest BCUT2D eigenvalue weighted by Crippen LogP contribution is 2.30. The zero-order valence-corrected chi connectivity index (χ0v) is 20.5. The van der Waals surface area contributed by atoms with Crippen molar-refractivity contribution in [3.8, 4) is 5.75 Å². The van der Waals surface area contributed by atoms with E-state index in [4.69, 9.17) is 4.74 Å². The van der Waals surface area contributed by atoms with Crippen LogP contribution in [0.4, 0.5) is 5.69 Å². The van der Waals surface area contributed by atoms with Gasteiger partial charge in [-0.15, -0.1) is 24.0 Å². The maximum Gasteiger partial charge on any atom is 0.223 e. The number of nitrogens with zero attached hydrogens (tertiary/aromatic N) is 2. The van der Waals surface area contributed by atoms with E-state index in [1.54, 1.807) is 14.2 Å². The van der Waals surface area contributed by atoms with Crippen LogP contribution in [-0.2, 0) is 4.79 Å². The van der Waals surface area contributed by atoms with Gasteiger partial charge in [-0.25, -0.2) is 0 Å². The first-order valence-electron chi connectivity index (χ1n) is 10.8. The molecule has 0 bridgehead atoms. The Morgan fingerprint density at radius 2 is 1.87 bits per heavy atom. The van der Waals surface area contributed by atoms with Crippen molar-refractivity contribution >= 4 is 41.5 Å². The zero-order chi connectivity index (χ0) is 20.5. The minimum Gasteiger partial charge on any atom is -0.495 e. The molecule has 0 aromatic heterocycles. The number of aliphatic imine (C=N–C) groups is 1. The molecule has 1 unspecified atom stereocenters. The van der Waals surface area contributed by atoms with Crippen molar-refractivity contribution < 1.29 is 9.53 Å². The van der Waals surface area contributed by atoms with Gasteiger partial charge in [0.1, 0.15) is 5.75 Å². The summed E-state index contributed by atoms with van der Waals surface area (Å²) >= 11 is 0. The second kappa shape index (κ2) is 12.9. The monoisotopic (exact) mass is 529 g/mol. The Kier molecular flexibility index (Phi) is 10.5. The predicted molar refractivity (Wildman–Crippen MR) is 133 cm³/mol. The standard InChI is InChI=1S/C22H35N5O2.HI/c1-23-22(25-14-13-24-21(28)17-8-4-3-5-9-17)26-18-12-15-27(16-18)19-10-6-7-11-20(19)29-2;/h6-7,10-11,17-18H,3-5,8-9,12-16H2,1-2H3,(H,24,28)(H2,23,25,26);1H. The van der Waals surface area contributed by atoms with Crippen molar-refractivity contribution in [1.29, 1.82) is 0 Å². The van der Waals surface area contributed by atoms with Crippen LogP contribution >= 0.6 is 24.0 Å². The number of ether oxygens (including phenoxy) is 1. The molecule has 30 heavy (non-hydrogen) atoms. The number of anilines is 1. The smallest absolute Gasteiger partial charge is 0.223 e. The molecule has 0 spiro atoms. The van der Waals surface area contributed by atoms with Gasteiger partial charge >= 0.3 is 0 Å². The number of hydrogen-bond acceptors (Lipinski definition) is 4. The molecule has 3 rings (SSSR count). The normalized spacial score (nSPS) is 19.7. The molecule has 3 N–H and O–H groups in total. The van der Waals surface area contributed by atoms with Gasteiger partial charge in [-0.1, -0.05) is 31.4 Å². The van der Waals surface area contributed by atoms with Crippen LogP contribution in [0.5, 0.6) is 5.75 Å². The van der Waals surface area contributed by atoms with Gasteiger partial charge in [0.05, 0.1) is 12.8 Å². The second-order valence-electron chi connectivity index (χ2n) is 7.87. The number of guanidine groups is 1. The number of carbonyl (C=O) groups excluding carboxylic acids is 1. The van der Waals surface area contributed by atoms with Gasteiger partial charge in [0, 0.05) is 45.2 Å². The van der Waals surface area contributed by atoms with E-state index in [1.165, 1.54) is 19.3 Å². The molecule has 7 nitrogen and oxygen atoms in total. The Morgan fingerprint density at radius 3 is 2.60 bits per heavy atom. The van der Waals surface area contributed by atoms with Crippen molar-refractivity contribution in [2.45, 2.75) is 44.6 Å². The van der Waals surface area contributed by atoms with Gasteiger partial charge in [-0.2, -0.15) is 0 Å². The van der Waals surface area contributed by atoms with Crippen molar-refractivity contribution in [2.24, 2.45) is 10.9 Å². The molecule has 0 radical (unpaired) electrons. The first-order valence-corrected chi connectivity index (χ1v) is 10.8. The fraction of sp³-hybridized carbons (Fsp3) is 0.636. The summed E-state index contributed by atoms with van der Waals surface area (Å²) in [7, 11) is 3.49. The zero-order valence-electron chi connectivity index (χ0n) is 18.2. The molecule has 2 fully saturated rings. The summed E-state index contributed by atoms with van der Waals surface area (Å²) < 4.78 is 5.49. The molecule has 1 amide bonds. The van der Waals surface area contributed by atoms with Crippen LogP contribution in [0.3, 0.4) is 0 Å². The Balaban J connectivity index is 0.00000320. The summed E-state index contributed by atoms with van der Waals surface area (Å²) in [4.78, 5) is 18.9. The van der Waals surface area contributed by atoms with Gasteiger partial charge < -0.3 is 25.6 Å². The lowest BCUT2D eigenvalue weighted by molar-refractivity contribution is -0.125. The highest BCUT2D eigenvalue weighted by atomic mass is 127. The molecule has 2 aliphatic rings. The largest absolute Gasteiger partial charge is 0.495 e. The van der Waals surface area contributed by atoms with Crippen molar-refractivity contribution in [1.82, 2.24) is 16.0 Å². The van der Waals surface area contributed by atoms with Crippen LogP contribution in [0.25, 0.3) is 0 Å². The number of nitrogens with one attached hydrogen (secondary N) is 3. The molecule has 1 saturated heterocycles. The van der Waals surface area contributed by atoms with Crippen molar-refractivity contribution in [3.05, 3.63) is 24.3 Å². The molecule has 1 heterocycles. The number of benzene rings is 1. The molecule has 1 atom stereocenters. The fourth-order valence-electron chi connectivity index (χ4n) is 4.25. The third kappa shape index (κ3) is 6.92. The quantitative estimate of drug-likeness (QED) is 0.219. The Hall–Kier alpha value is -1.71. The molecular formula is C22H36IN5O2. The molecule has 1 aromatic carbocycles. The molecule has 1 aliphatic heterocycles. The summed E-state index contributed by atoms with van der Waals surface area (Å²) in [5.41, 5.74) is 1.13. The van der Waals surface area contributed by atoms with Gasteiger partial charge in [0.2, 0.25) is 5.91 Å². The van der Waals surface area contributed by atoms with Gasteiger partial charge in [0.25, 0.3) is 0 Å². The SMILES string of the molecule is CN=C(NCCNC(=O)C1CCCCC1)NC1CCN(c2ccccc2OC)C1.I. The summed E-state index contributed by atoms with van der Waals surface area (Å²) in [6, 6.07) is 8.46. The fourth-order valence-corrected chi connectivity index (χ4v) is 4.25. The number of carbonyl (C=O) groups is 1. The van der Waals surface area contributed by atoms with Crippen LogP contribution in [0.2, 0.25) is 0 Å². The molecule has 8 heteroatoms. The second-order valence-corrected chi connectivity index (χ2v) is 7.87. The van der Waals surface area contributed by atoms with E-state index < -0.39 is 0 Å². The molecule has 168 valence electrons. The lowest BCUT2D eigenvalue weighted by atomic mass is 9.89. The van der Waals surface area contributed by atoms with E-state index in [-0.39, 0.29) is 35.8 Å². The maximum atomic E-state index is 12.2. The number of hydrogen-bond donors (Lipinski definition) is 3. The van der Waals surface area contributed by atoms with Crippen LogP contribution in [0.1, 0.15) is 38.5 Å². The Morgan fingerprint density at radius 1 is 1.13 bits per heavy atom. The number of para-hydroxylation sites is 2. The molecule has 1 aromatic rings. The van der Waals surface area contributed by atoms with Gasteiger partial charge in [-0.05, 0) is 31.4 Å². The summed E-state index contributed by atoms with van der Waals surface area (Å²) in [5, 5.41) is 9.87. The van der Waals surface area contributed by atoms with E-state index in [2.05, 4.69) is 31.9 Å². The Labute approximate surface area is 197 Å². The van der Waals surface area contributed by atoms with Crippen molar-refractivity contribution in [2.75, 3.05) is 45.2 Å². The minimum absolute atomic E-state index is 0. The third-order valence-corrected chi connectivity index (χ3v) is 5.87. The number of rotatable bonds is 7. The number of halogens is 1. The predicted octanol–water partition coefficient (Wildman–Crippen LogP) is 2.75. The highest BCUT2D eigenvalue weighted by Gasteiger charge is 2.25. The van der Waals surface area contributed by atoms with E-state index >= 15 is 0 Å². The summed E-state index contributed by atoms with van der Waals surface area (Å²) in [6.07, 6.45) is 6.74. The van der Waals surface area contributed by atoms with Crippen molar-refractivity contribution in [3.63, 3.8) is 0 Å². The summed E-state index contributed by atoms with van der Waals surface area (Å²) in [6.45, 7) is 3.17. The van der Waals surface area contributed by atoms with Crippen LogP contribution in [-0.4, -0.2) is 58.2 Å². The first kappa shape index (κ1) is 24.6. The number of methoxy groups -OCH3 is 1. The third-order valence-electron chi connectivity index (χ3n) is 5.87. The van der Waals surface area contributed by atoms with Crippen LogP contribution in [0.15, 0.2) is 29.3 Å². The van der Waals surface area contributed by atoms with E-state index in [9.17, 15) is 4.79 Å². The molecule has 1 saturated carbocycles. The summed E-state index contributed by atoms with van der Waals surface area (Å²) in [5.74, 6) is 2.10. The van der Waals surface area contributed by atoms with Gasteiger partial charge in [-0.3, -0.25) is 9.79 Å². The van der Waals surface area contributed by atoms with Crippen LogP contribution in [0, 0.1) is 5.92 Å². The lowest BCUT2D eigenvalue weighted by Gasteiger charge is -2.22. The highest BCUT2D eigenvalue weighted by molar-refractivity contribution is 14.0. The lowest BCUT2D eigenvalue weighted by Crippen LogP contribution is -2.47. The van der Waals surface area contributed by atoms with Crippen LogP contribution < -0.4 is 25.6 Å². The topological polar surface area (TPSA) is 78.0 Å². The maximum absolute atomic E-state index is 12.2. The van der Waals surface area contributed by atoms with E-state index in [0.717, 1.165) is 49.7 Å². The average Bonchev–Trinajstić information content (AvgIpc) is 3.24.